The van der Waals surface area contributed by atoms with Gasteiger partial charge in [-0.3, -0.25) is 4.79 Å². The zero-order chi connectivity index (χ0) is 10.8. The molecule has 0 aromatic heterocycles. The smallest absolute Gasteiger partial charge is 0.329 e. The number of ether oxygens (including phenoxy) is 3. The number of nitriles is 1. The fourth-order valence-electron chi connectivity index (χ4n) is 1.59. The van der Waals surface area contributed by atoms with E-state index in [-0.39, 0.29) is 6.61 Å². The molecular formula is C9H13NO4. The number of carbonyl (C=O) groups is 1. The molecule has 14 heavy (non-hydrogen) atoms. The molecule has 5 heteroatoms. The fourth-order valence-corrected chi connectivity index (χ4v) is 1.59. The van der Waals surface area contributed by atoms with Crippen molar-refractivity contribution in [3.05, 3.63) is 0 Å². The molecule has 0 radical (unpaired) electrons. The van der Waals surface area contributed by atoms with E-state index in [9.17, 15) is 4.79 Å². The number of methoxy groups -OCH3 is 2. The number of hydrogen-bond donors (Lipinski definition) is 0. The third kappa shape index (κ3) is 1.47. The SMILES string of the molecule is COC[C@H]1OC(=O)[C@](C)(C#N)[C@@H]1OC. The Morgan fingerprint density at radius 2 is 2.29 bits per heavy atom. The summed E-state index contributed by atoms with van der Waals surface area (Å²) in [7, 11) is 2.95. The highest BCUT2D eigenvalue weighted by atomic mass is 16.6. The molecule has 1 rings (SSSR count). The summed E-state index contributed by atoms with van der Waals surface area (Å²) in [6.45, 7) is 1.75. The van der Waals surface area contributed by atoms with E-state index in [1.54, 1.807) is 0 Å². The van der Waals surface area contributed by atoms with Crippen molar-refractivity contribution in [2.75, 3.05) is 20.8 Å². The standard InChI is InChI=1S/C9H13NO4/c1-9(5-10)7(13-3)6(4-12-2)14-8(9)11/h6-7H,4H2,1-3H3/t6-,7-,9-/m1/s1. The van der Waals surface area contributed by atoms with Crippen LogP contribution in [0.3, 0.4) is 0 Å². The molecule has 0 aliphatic carbocycles. The van der Waals surface area contributed by atoms with Crippen molar-refractivity contribution in [1.82, 2.24) is 0 Å². The normalized spacial score (nSPS) is 36.6. The van der Waals surface area contributed by atoms with Crippen LogP contribution in [0, 0.1) is 16.7 Å². The Balaban J connectivity index is 2.89. The maximum absolute atomic E-state index is 11.4. The fraction of sp³-hybridized carbons (Fsp3) is 0.778. The zero-order valence-corrected chi connectivity index (χ0v) is 8.44. The van der Waals surface area contributed by atoms with Crippen LogP contribution in [0.4, 0.5) is 0 Å². The quantitative estimate of drug-likeness (QED) is 0.603. The van der Waals surface area contributed by atoms with Crippen molar-refractivity contribution in [1.29, 1.82) is 5.26 Å². The second-order valence-electron chi connectivity index (χ2n) is 3.37. The van der Waals surface area contributed by atoms with E-state index in [0.29, 0.717) is 0 Å². The number of esters is 1. The third-order valence-corrected chi connectivity index (χ3v) is 2.41. The van der Waals surface area contributed by atoms with Crippen molar-refractivity contribution in [3.63, 3.8) is 0 Å². The van der Waals surface area contributed by atoms with E-state index in [2.05, 4.69) is 0 Å². The number of nitrogens with zero attached hydrogens (tertiary/aromatic N) is 1. The number of rotatable bonds is 3. The molecular weight excluding hydrogens is 186 g/mol. The summed E-state index contributed by atoms with van der Waals surface area (Å²) in [6, 6.07) is 1.92. The Hall–Kier alpha value is -1.12. The second kappa shape index (κ2) is 3.95. The summed E-state index contributed by atoms with van der Waals surface area (Å²) in [6.07, 6.45) is -1.07. The molecule has 0 unspecified atom stereocenters. The predicted molar refractivity (Wildman–Crippen MR) is 46.3 cm³/mol. The summed E-state index contributed by atoms with van der Waals surface area (Å²) in [5.74, 6) is -0.547. The lowest BCUT2D eigenvalue weighted by molar-refractivity contribution is -0.147. The molecule has 0 spiro atoms. The van der Waals surface area contributed by atoms with Gasteiger partial charge < -0.3 is 14.2 Å². The molecule has 78 valence electrons. The van der Waals surface area contributed by atoms with Crippen LogP contribution < -0.4 is 0 Å². The molecule has 1 heterocycles. The van der Waals surface area contributed by atoms with E-state index >= 15 is 0 Å². The topological polar surface area (TPSA) is 68.5 Å². The molecule has 0 aromatic carbocycles. The molecule has 0 amide bonds. The van der Waals surface area contributed by atoms with Crippen LogP contribution in [-0.4, -0.2) is 39.0 Å². The summed E-state index contributed by atoms with van der Waals surface area (Å²) in [5, 5.41) is 8.91. The Bertz CT molecular complexity index is 272. The highest BCUT2D eigenvalue weighted by molar-refractivity contribution is 5.83. The van der Waals surface area contributed by atoms with Gasteiger partial charge in [-0.05, 0) is 6.92 Å². The van der Waals surface area contributed by atoms with Gasteiger partial charge in [0.25, 0.3) is 0 Å². The van der Waals surface area contributed by atoms with Gasteiger partial charge in [0.2, 0.25) is 0 Å². The van der Waals surface area contributed by atoms with Crippen LogP contribution in [0.1, 0.15) is 6.92 Å². The van der Waals surface area contributed by atoms with E-state index in [1.165, 1.54) is 21.1 Å². The van der Waals surface area contributed by atoms with Crippen molar-refractivity contribution < 1.29 is 19.0 Å². The second-order valence-corrected chi connectivity index (χ2v) is 3.37. The van der Waals surface area contributed by atoms with Crippen LogP contribution in [0.15, 0.2) is 0 Å². The first-order valence-electron chi connectivity index (χ1n) is 4.24. The molecule has 0 N–H and O–H groups in total. The Morgan fingerprint density at radius 3 is 2.71 bits per heavy atom. The molecule has 3 atom stereocenters. The van der Waals surface area contributed by atoms with E-state index in [4.69, 9.17) is 19.5 Å². The minimum absolute atomic E-state index is 0.238. The first kappa shape index (κ1) is 11.0. The van der Waals surface area contributed by atoms with Crippen LogP contribution in [0.25, 0.3) is 0 Å². The van der Waals surface area contributed by atoms with Gasteiger partial charge in [-0.2, -0.15) is 5.26 Å². The summed E-state index contributed by atoms with van der Waals surface area (Å²) in [5.41, 5.74) is -1.22. The first-order chi connectivity index (χ1) is 6.60. The lowest BCUT2D eigenvalue weighted by Crippen LogP contribution is -2.38. The minimum atomic E-state index is -1.22. The van der Waals surface area contributed by atoms with Crippen molar-refractivity contribution >= 4 is 5.97 Å². The minimum Gasteiger partial charge on any atom is -0.456 e. The lowest BCUT2D eigenvalue weighted by atomic mass is 9.86. The average molecular weight is 199 g/mol. The molecule has 1 aliphatic rings. The van der Waals surface area contributed by atoms with E-state index in [1.807, 2.05) is 6.07 Å². The van der Waals surface area contributed by atoms with Crippen molar-refractivity contribution in [2.24, 2.45) is 5.41 Å². The Morgan fingerprint density at radius 1 is 1.64 bits per heavy atom. The highest BCUT2D eigenvalue weighted by Gasteiger charge is 2.55. The monoisotopic (exact) mass is 199 g/mol. The summed E-state index contributed by atoms with van der Waals surface area (Å²) < 4.78 is 15.0. The summed E-state index contributed by atoms with van der Waals surface area (Å²) in [4.78, 5) is 11.4. The van der Waals surface area contributed by atoms with Crippen LogP contribution in [0.5, 0.6) is 0 Å². The van der Waals surface area contributed by atoms with Gasteiger partial charge in [-0.1, -0.05) is 0 Å². The molecule has 1 saturated heterocycles. The Kier molecular flexibility index (Phi) is 3.09. The molecule has 1 fully saturated rings. The molecule has 0 bridgehead atoms. The van der Waals surface area contributed by atoms with Crippen LogP contribution in [0.2, 0.25) is 0 Å². The maximum atomic E-state index is 11.4. The molecule has 1 aliphatic heterocycles. The van der Waals surface area contributed by atoms with Crippen molar-refractivity contribution in [3.8, 4) is 6.07 Å². The molecule has 5 nitrogen and oxygen atoms in total. The average Bonchev–Trinajstić information content (AvgIpc) is 2.40. The third-order valence-electron chi connectivity index (χ3n) is 2.41. The number of carbonyl (C=O) groups excluding carboxylic acids is 1. The zero-order valence-electron chi connectivity index (χ0n) is 8.44. The van der Waals surface area contributed by atoms with E-state index < -0.39 is 23.6 Å². The first-order valence-corrected chi connectivity index (χ1v) is 4.24. The van der Waals surface area contributed by atoms with Gasteiger partial charge in [0.1, 0.15) is 6.10 Å². The Labute approximate surface area is 82.5 Å². The van der Waals surface area contributed by atoms with Crippen molar-refractivity contribution in [2.45, 2.75) is 19.1 Å². The molecule has 0 saturated carbocycles. The van der Waals surface area contributed by atoms with Gasteiger partial charge in [0, 0.05) is 14.2 Å². The lowest BCUT2D eigenvalue weighted by Gasteiger charge is -2.20. The number of hydrogen-bond acceptors (Lipinski definition) is 5. The van der Waals surface area contributed by atoms with Crippen LogP contribution >= 0.6 is 0 Å². The van der Waals surface area contributed by atoms with Gasteiger partial charge in [-0.25, -0.2) is 0 Å². The van der Waals surface area contributed by atoms with Gasteiger partial charge >= 0.3 is 5.97 Å². The molecule has 0 aromatic rings. The van der Waals surface area contributed by atoms with Crippen LogP contribution in [-0.2, 0) is 19.0 Å². The number of cyclic esters (lactones) is 1. The highest BCUT2D eigenvalue weighted by Crippen LogP contribution is 2.35. The predicted octanol–water partition coefficient (Wildman–Crippen LogP) is 0.103. The maximum Gasteiger partial charge on any atom is 0.329 e. The van der Waals surface area contributed by atoms with Gasteiger partial charge in [-0.15, -0.1) is 0 Å². The largest absolute Gasteiger partial charge is 0.456 e. The van der Waals surface area contributed by atoms with Gasteiger partial charge in [0.15, 0.2) is 11.5 Å². The van der Waals surface area contributed by atoms with E-state index in [0.717, 1.165) is 0 Å². The summed E-state index contributed by atoms with van der Waals surface area (Å²) >= 11 is 0. The van der Waals surface area contributed by atoms with Gasteiger partial charge in [0.05, 0.1) is 12.7 Å².